The highest BCUT2D eigenvalue weighted by atomic mass is 16.2. The molecule has 0 heterocycles. The first-order valence-electron chi connectivity index (χ1n) is 9.62. The minimum Gasteiger partial charge on any atom is -0.342 e. The summed E-state index contributed by atoms with van der Waals surface area (Å²) in [5.41, 5.74) is 1.12. The van der Waals surface area contributed by atoms with Gasteiger partial charge in [0.25, 0.3) is 11.8 Å². The number of nitrogens with zero attached hydrogens (tertiary/aromatic N) is 2. The van der Waals surface area contributed by atoms with Gasteiger partial charge in [0.1, 0.15) is 0 Å². The molecule has 4 nitrogen and oxygen atoms in total. The highest BCUT2D eigenvalue weighted by Gasteiger charge is 2.15. The van der Waals surface area contributed by atoms with E-state index in [1.165, 1.54) is 0 Å². The fraction of sp³-hybridized carbons (Fsp3) is 0.619. The Balaban J connectivity index is -0.000000725. The second-order valence-electron chi connectivity index (χ2n) is 4.63. The van der Waals surface area contributed by atoms with E-state index in [0.717, 1.165) is 6.42 Å². The van der Waals surface area contributed by atoms with Crippen LogP contribution in [0, 0.1) is 0 Å². The number of rotatable bonds is 5. The van der Waals surface area contributed by atoms with E-state index >= 15 is 0 Å². The molecule has 0 aliphatic heterocycles. The second kappa shape index (κ2) is 18.5. The summed E-state index contributed by atoms with van der Waals surface area (Å²) in [4.78, 5) is 27.5. The highest BCUT2D eigenvalue weighted by Crippen LogP contribution is 2.10. The van der Waals surface area contributed by atoms with Crippen LogP contribution in [0.5, 0.6) is 0 Å². The number of amides is 2. The standard InChI is InChI=1S/C15H22N2O2.3C2H6/c1-5-10-17(4)15(19)13-9-7-8-12(11-13)14(18)16(3)6-2;3*1-2/h7-9,11H,5-6,10H2,1-4H3;3*1-2H3. The SMILES string of the molecule is CC.CC.CC.CCCN(C)C(=O)c1cccc(C(=O)N(C)CC)c1. The molecule has 25 heavy (non-hydrogen) atoms. The molecule has 0 atom stereocenters. The maximum atomic E-state index is 12.1. The van der Waals surface area contributed by atoms with Gasteiger partial charge in [-0.05, 0) is 31.5 Å². The lowest BCUT2D eigenvalue weighted by molar-refractivity contribution is 0.0795. The molecule has 0 saturated heterocycles. The molecule has 2 amide bonds. The fourth-order valence-electron chi connectivity index (χ4n) is 1.81. The van der Waals surface area contributed by atoms with Gasteiger partial charge in [-0.25, -0.2) is 0 Å². The van der Waals surface area contributed by atoms with Crippen LogP contribution in [0.1, 0.15) is 82.5 Å². The molecule has 0 N–H and O–H groups in total. The smallest absolute Gasteiger partial charge is 0.253 e. The third kappa shape index (κ3) is 10.6. The lowest BCUT2D eigenvalue weighted by Gasteiger charge is -2.18. The predicted octanol–water partition coefficient (Wildman–Crippen LogP) is 5.34. The number of benzene rings is 1. The van der Waals surface area contributed by atoms with Crippen LogP contribution in [0.2, 0.25) is 0 Å². The molecule has 0 unspecified atom stereocenters. The van der Waals surface area contributed by atoms with Gasteiger partial charge in [-0.2, -0.15) is 0 Å². The molecule has 0 bridgehead atoms. The summed E-state index contributed by atoms with van der Waals surface area (Å²) in [6.07, 6.45) is 0.916. The van der Waals surface area contributed by atoms with E-state index in [1.807, 2.05) is 55.4 Å². The Morgan fingerprint density at radius 3 is 1.56 bits per heavy atom. The largest absolute Gasteiger partial charge is 0.342 e. The molecule has 1 aromatic rings. The van der Waals surface area contributed by atoms with E-state index in [4.69, 9.17) is 0 Å². The van der Waals surface area contributed by atoms with Crippen molar-refractivity contribution in [1.82, 2.24) is 9.80 Å². The average molecular weight is 353 g/mol. The highest BCUT2D eigenvalue weighted by molar-refractivity contribution is 5.99. The molecule has 1 aromatic carbocycles. The van der Waals surface area contributed by atoms with E-state index in [9.17, 15) is 9.59 Å². The van der Waals surface area contributed by atoms with Crippen LogP contribution < -0.4 is 0 Å². The Bertz CT molecular complexity index is 459. The molecule has 1 rings (SSSR count). The third-order valence-corrected chi connectivity index (χ3v) is 3.08. The van der Waals surface area contributed by atoms with Gasteiger partial charge in [-0.1, -0.05) is 54.5 Å². The van der Waals surface area contributed by atoms with Gasteiger partial charge < -0.3 is 9.80 Å². The number of carbonyl (C=O) groups is 2. The maximum absolute atomic E-state index is 12.1. The van der Waals surface area contributed by atoms with E-state index in [0.29, 0.717) is 24.2 Å². The van der Waals surface area contributed by atoms with Crippen molar-refractivity contribution in [2.24, 2.45) is 0 Å². The van der Waals surface area contributed by atoms with Crippen LogP contribution in [-0.2, 0) is 0 Å². The Labute approximate surface area is 156 Å². The number of carbonyl (C=O) groups excluding carboxylic acids is 2. The summed E-state index contributed by atoms with van der Waals surface area (Å²) >= 11 is 0. The van der Waals surface area contributed by atoms with Crippen LogP contribution in [0.25, 0.3) is 0 Å². The fourth-order valence-corrected chi connectivity index (χ4v) is 1.81. The summed E-state index contributed by atoms with van der Waals surface area (Å²) in [6.45, 7) is 17.3. The Morgan fingerprint density at radius 1 is 0.800 bits per heavy atom. The van der Waals surface area contributed by atoms with Crippen LogP contribution >= 0.6 is 0 Å². The monoisotopic (exact) mass is 352 g/mol. The quantitative estimate of drug-likeness (QED) is 0.717. The zero-order chi connectivity index (χ0) is 20.4. The third-order valence-electron chi connectivity index (χ3n) is 3.08. The molecule has 0 fully saturated rings. The number of hydrogen-bond donors (Lipinski definition) is 0. The Kier molecular flexibility index (Phi) is 20.7. The normalized spacial score (nSPS) is 8.40. The zero-order valence-electron chi connectivity index (χ0n) is 18.1. The van der Waals surface area contributed by atoms with Gasteiger partial charge in [0.05, 0.1) is 0 Å². The summed E-state index contributed by atoms with van der Waals surface area (Å²) in [6, 6.07) is 6.91. The van der Waals surface area contributed by atoms with Crippen LogP contribution in [0.3, 0.4) is 0 Å². The van der Waals surface area contributed by atoms with Crippen molar-refractivity contribution in [2.75, 3.05) is 27.2 Å². The van der Waals surface area contributed by atoms with Gasteiger partial charge in [0, 0.05) is 38.3 Å². The van der Waals surface area contributed by atoms with Gasteiger partial charge in [-0.3, -0.25) is 9.59 Å². The van der Waals surface area contributed by atoms with E-state index in [-0.39, 0.29) is 11.8 Å². The molecule has 0 aliphatic carbocycles. The van der Waals surface area contributed by atoms with Crippen LogP contribution in [-0.4, -0.2) is 48.8 Å². The summed E-state index contributed by atoms with van der Waals surface area (Å²) in [7, 11) is 3.53. The molecular formula is C21H40N2O2. The minimum atomic E-state index is -0.0599. The summed E-state index contributed by atoms with van der Waals surface area (Å²) < 4.78 is 0. The van der Waals surface area contributed by atoms with Crippen molar-refractivity contribution < 1.29 is 9.59 Å². The van der Waals surface area contributed by atoms with Crippen molar-refractivity contribution in [2.45, 2.75) is 61.8 Å². The Morgan fingerprint density at radius 2 is 1.20 bits per heavy atom. The zero-order valence-corrected chi connectivity index (χ0v) is 18.1. The van der Waals surface area contributed by atoms with E-state index in [1.54, 1.807) is 48.2 Å². The van der Waals surface area contributed by atoms with Gasteiger partial charge >= 0.3 is 0 Å². The lowest BCUT2D eigenvalue weighted by Crippen LogP contribution is -2.29. The molecule has 0 spiro atoms. The molecule has 0 radical (unpaired) electrons. The van der Waals surface area contributed by atoms with Gasteiger partial charge in [0.15, 0.2) is 0 Å². The van der Waals surface area contributed by atoms with Gasteiger partial charge in [0.2, 0.25) is 0 Å². The first-order chi connectivity index (χ1) is 12.0. The molecular weight excluding hydrogens is 312 g/mol. The maximum Gasteiger partial charge on any atom is 0.253 e. The van der Waals surface area contributed by atoms with Crippen molar-refractivity contribution in [1.29, 1.82) is 0 Å². The minimum absolute atomic E-state index is 0.0457. The second-order valence-corrected chi connectivity index (χ2v) is 4.63. The van der Waals surface area contributed by atoms with Crippen LogP contribution in [0.4, 0.5) is 0 Å². The molecule has 146 valence electrons. The molecule has 0 aromatic heterocycles. The topological polar surface area (TPSA) is 40.6 Å². The lowest BCUT2D eigenvalue weighted by atomic mass is 10.1. The summed E-state index contributed by atoms with van der Waals surface area (Å²) in [5.74, 6) is -0.106. The Hall–Kier alpha value is -1.84. The van der Waals surface area contributed by atoms with Crippen LogP contribution in [0.15, 0.2) is 24.3 Å². The van der Waals surface area contributed by atoms with Crippen molar-refractivity contribution in [3.05, 3.63) is 35.4 Å². The number of hydrogen-bond acceptors (Lipinski definition) is 2. The summed E-state index contributed by atoms with van der Waals surface area (Å²) in [5, 5.41) is 0. The van der Waals surface area contributed by atoms with Crippen molar-refractivity contribution >= 4 is 11.8 Å². The van der Waals surface area contributed by atoms with Crippen molar-refractivity contribution in [3.8, 4) is 0 Å². The average Bonchev–Trinajstić information content (AvgIpc) is 2.71. The predicted molar refractivity (Wildman–Crippen MR) is 110 cm³/mol. The van der Waals surface area contributed by atoms with E-state index < -0.39 is 0 Å². The first kappa shape index (κ1) is 28.0. The van der Waals surface area contributed by atoms with Gasteiger partial charge in [-0.15, -0.1) is 0 Å². The molecule has 0 saturated carbocycles. The first-order valence-corrected chi connectivity index (χ1v) is 9.62. The van der Waals surface area contributed by atoms with E-state index in [2.05, 4.69) is 0 Å². The molecule has 4 heteroatoms. The van der Waals surface area contributed by atoms with Crippen molar-refractivity contribution in [3.63, 3.8) is 0 Å². The molecule has 0 aliphatic rings.